The van der Waals surface area contributed by atoms with Crippen LogP contribution >= 0.6 is 22.6 Å². The van der Waals surface area contributed by atoms with Gasteiger partial charge in [0.15, 0.2) is 5.82 Å². The maximum absolute atomic E-state index is 5.84. The number of halogens is 1. The van der Waals surface area contributed by atoms with Crippen LogP contribution in [0, 0.1) is 10.5 Å². The Hall–Kier alpha value is -1.18. The van der Waals surface area contributed by atoms with Gasteiger partial charge in [0.05, 0.1) is 21.0 Å². The summed E-state index contributed by atoms with van der Waals surface area (Å²) in [6.07, 6.45) is 3.70. The fourth-order valence-corrected chi connectivity index (χ4v) is 1.69. The Morgan fingerprint density at radius 1 is 1.35 bits per heavy atom. The molecule has 0 spiro atoms. The summed E-state index contributed by atoms with van der Waals surface area (Å²) in [6, 6.07) is 0.325. The summed E-state index contributed by atoms with van der Waals surface area (Å²) in [7, 11) is 0. The smallest absolute Gasteiger partial charge is 0.164 e. The Morgan fingerprint density at radius 3 is 2.59 bits per heavy atom. The highest BCUT2D eigenvalue weighted by atomic mass is 127. The lowest BCUT2D eigenvalue weighted by molar-refractivity contribution is 0.532. The second-order valence-electron chi connectivity index (χ2n) is 4.13. The first kappa shape index (κ1) is 12.3. The van der Waals surface area contributed by atoms with Gasteiger partial charge in [0.2, 0.25) is 0 Å². The first-order valence-corrected chi connectivity index (χ1v) is 6.41. The first-order chi connectivity index (χ1) is 7.99. The van der Waals surface area contributed by atoms with E-state index in [0.717, 1.165) is 14.8 Å². The van der Waals surface area contributed by atoms with Crippen molar-refractivity contribution >= 4 is 28.4 Å². The third-order valence-electron chi connectivity index (χ3n) is 2.43. The lowest BCUT2D eigenvalue weighted by Gasteiger charge is -2.05. The van der Waals surface area contributed by atoms with Gasteiger partial charge in [0.25, 0.3) is 0 Å². The molecule has 0 unspecified atom stereocenters. The van der Waals surface area contributed by atoms with Crippen LogP contribution in [0.2, 0.25) is 0 Å². The molecule has 17 heavy (non-hydrogen) atoms. The quantitative estimate of drug-likeness (QED) is 0.851. The van der Waals surface area contributed by atoms with Crippen LogP contribution in [0.1, 0.15) is 25.6 Å². The molecule has 0 saturated heterocycles. The summed E-state index contributed by atoms with van der Waals surface area (Å²) >= 11 is 2.15. The highest BCUT2D eigenvalue weighted by Gasteiger charge is 2.10. The summed E-state index contributed by atoms with van der Waals surface area (Å²) < 4.78 is 2.78. The maximum atomic E-state index is 5.84. The lowest BCUT2D eigenvalue weighted by Crippen LogP contribution is -2.02. The normalized spacial score (nSPS) is 11.1. The van der Waals surface area contributed by atoms with Crippen molar-refractivity contribution in [2.75, 3.05) is 5.73 Å². The summed E-state index contributed by atoms with van der Waals surface area (Å²) in [5.41, 5.74) is 7.63. The van der Waals surface area contributed by atoms with Crippen molar-refractivity contribution in [1.29, 1.82) is 0 Å². The molecule has 0 atom stereocenters. The SMILES string of the molecule is Cc1nc(-c2cnn(C(C)C)c2)nc(N)c1I. The minimum Gasteiger partial charge on any atom is -0.383 e. The summed E-state index contributed by atoms with van der Waals surface area (Å²) in [4.78, 5) is 8.71. The Kier molecular flexibility index (Phi) is 3.32. The van der Waals surface area contributed by atoms with E-state index in [1.54, 1.807) is 6.20 Å². The second kappa shape index (κ2) is 4.59. The molecule has 0 amide bonds. The standard InChI is InChI=1S/C11H14IN5/c1-6(2)17-5-8(4-14-17)11-15-7(3)9(12)10(13)16-11/h4-6H,1-3H3,(H2,13,15,16). The van der Waals surface area contributed by atoms with Gasteiger partial charge in [0, 0.05) is 12.2 Å². The molecule has 0 aliphatic rings. The van der Waals surface area contributed by atoms with Crippen molar-refractivity contribution in [1.82, 2.24) is 19.7 Å². The fourth-order valence-electron chi connectivity index (χ4n) is 1.45. The second-order valence-corrected chi connectivity index (χ2v) is 5.21. The number of aromatic nitrogens is 4. The van der Waals surface area contributed by atoms with Gasteiger partial charge in [-0.05, 0) is 43.4 Å². The average Bonchev–Trinajstić information content (AvgIpc) is 2.74. The van der Waals surface area contributed by atoms with Gasteiger partial charge in [-0.25, -0.2) is 9.97 Å². The summed E-state index contributed by atoms with van der Waals surface area (Å²) in [5, 5.41) is 4.27. The van der Waals surface area contributed by atoms with E-state index >= 15 is 0 Å². The van der Waals surface area contributed by atoms with Crippen LogP contribution in [0.4, 0.5) is 5.82 Å². The van der Waals surface area contributed by atoms with Crippen molar-refractivity contribution in [3.05, 3.63) is 21.7 Å². The molecule has 2 rings (SSSR count). The topological polar surface area (TPSA) is 69.6 Å². The number of hydrogen-bond donors (Lipinski definition) is 1. The van der Waals surface area contributed by atoms with Gasteiger partial charge < -0.3 is 5.73 Å². The number of nitrogen functional groups attached to an aromatic ring is 1. The van der Waals surface area contributed by atoms with Gasteiger partial charge in [-0.2, -0.15) is 5.10 Å². The number of aryl methyl sites for hydroxylation is 1. The van der Waals surface area contributed by atoms with Crippen LogP contribution in [-0.2, 0) is 0 Å². The lowest BCUT2D eigenvalue weighted by atomic mass is 10.3. The van der Waals surface area contributed by atoms with Crippen molar-refractivity contribution < 1.29 is 0 Å². The van der Waals surface area contributed by atoms with Crippen LogP contribution in [0.25, 0.3) is 11.4 Å². The van der Waals surface area contributed by atoms with Crippen molar-refractivity contribution in [2.24, 2.45) is 0 Å². The molecule has 5 nitrogen and oxygen atoms in total. The molecule has 0 aliphatic heterocycles. The first-order valence-electron chi connectivity index (χ1n) is 5.33. The largest absolute Gasteiger partial charge is 0.383 e. The summed E-state index contributed by atoms with van der Waals surface area (Å²) in [5.74, 6) is 1.15. The third kappa shape index (κ3) is 2.41. The van der Waals surface area contributed by atoms with Gasteiger partial charge in [-0.3, -0.25) is 4.68 Å². The Bertz CT molecular complexity index is 524. The Morgan fingerprint density at radius 2 is 2.06 bits per heavy atom. The van der Waals surface area contributed by atoms with E-state index in [9.17, 15) is 0 Å². The van der Waals surface area contributed by atoms with Gasteiger partial charge in [-0.15, -0.1) is 0 Å². The number of hydrogen-bond acceptors (Lipinski definition) is 4. The maximum Gasteiger partial charge on any atom is 0.164 e. The van der Waals surface area contributed by atoms with Crippen LogP contribution in [-0.4, -0.2) is 19.7 Å². The molecule has 6 heteroatoms. The molecule has 0 bridgehead atoms. The third-order valence-corrected chi connectivity index (χ3v) is 3.76. The molecular weight excluding hydrogens is 329 g/mol. The van der Waals surface area contributed by atoms with E-state index in [1.807, 2.05) is 17.8 Å². The predicted molar refractivity (Wildman–Crippen MR) is 75.5 cm³/mol. The average molecular weight is 343 g/mol. The van der Waals surface area contributed by atoms with E-state index in [2.05, 4.69) is 51.5 Å². The van der Waals surface area contributed by atoms with Crippen molar-refractivity contribution in [2.45, 2.75) is 26.8 Å². The minimum absolute atomic E-state index is 0.325. The van der Waals surface area contributed by atoms with Gasteiger partial charge in [0.1, 0.15) is 5.82 Å². The molecule has 2 aromatic heterocycles. The molecule has 90 valence electrons. The minimum atomic E-state index is 0.325. The molecule has 2 N–H and O–H groups in total. The Labute approximate surface area is 114 Å². The molecule has 0 aliphatic carbocycles. The van der Waals surface area contributed by atoms with Crippen LogP contribution in [0.3, 0.4) is 0 Å². The summed E-state index contributed by atoms with van der Waals surface area (Å²) in [6.45, 7) is 6.08. The predicted octanol–water partition coefficient (Wildman–Crippen LogP) is 2.42. The number of anilines is 1. The number of rotatable bonds is 2. The fraction of sp³-hybridized carbons (Fsp3) is 0.364. The zero-order valence-corrected chi connectivity index (χ0v) is 12.1. The van der Waals surface area contributed by atoms with E-state index in [1.165, 1.54) is 0 Å². The van der Waals surface area contributed by atoms with Crippen molar-refractivity contribution in [3.8, 4) is 11.4 Å². The number of nitrogens with two attached hydrogens (primary N) is 1. The highest BCUT2D eigenvalue weighted by Crippen LogP contribution is 2.21. The van der Waals surface area contributed by atoms with E-state index < -0.39 is 0 Å². The molecule has 2 aromatic rings. The number of nitrogens with zero attached hydrogens (tertiary/aromatic N) is 4. The monoisotopic (exact) mass is 343 g/mol. The molecule has 0 aromatic carbocycles. The van der Waals surface area contributed by atoms with E-state index in [-0.39, 0.29) is 0 Å². The van der Waals surface area contributed by atoms with E-state index in [0.29, 0.717) is 17.7 Å². The van der Waals surface area contributed by atoms with Crippen LogP contribution in [0.5, 0.6) is 0 Å². The molecule has 0 fully saturated rings. The molecular formula is C11H14IN5. The highest BCUT2D eigenvalue weighted by molar-refractivity contribution is 14.1. The van der Waals surface area contributed by atoms with Gasteiger partial charge >= 0.3 is 0 Å². The van der Waals surface area contributed by atoms with Crippen molar-refractivity contribution in [3.63, 3.8) is 0 Å². The Balaban J connectivity index is 2.46. The molecule has 2 heterocycles. The van der Waals surface area contributed by atoms with Crippen LogP contribution in [0.15, 0.2) is 12.4 Å². The zero-order chi connectivity index (χ0) is 12.6. The molecule has 0 saturated carbocycles. The van der Waals surface area contributed by atoms with E-state index in [4.69, 9.17) is 5.73 Å². The molecule has 0 radical (unpaired) electrons. The van der Waals surface area contributed by atoms with Crippen LogP contribution < -0.4 is 5.73 Å². The van der Waals surface area contributed by atoms with Gasteiger partial charge in [-0.1, -0.05) is 0 Å². The zero-order valence-electron chi connectivity index (χ0n) is 9.98.